The van der Waals surface area contributed by atoms with Crippen LogP contribution >= 0.6 is 11.6 Å². The molecule has 0 N–H and O–H groups in total. The number of hydrogen-bond acceptors (Lipinski definition) is 4. The summed E-state index contributed by atoms with van der Waals surface area (Å²) in [6, 6.07) is 12.0. The highest BCUT2D eigenvalue weighted by Crippen LogP contribution is 2.36. The van der Waals surface area contributed by atoms with Crippen LogP contribution < -0.4 is 5.69 Å². The number of aryl methyl sites for hydroxylation is 2. The summed E-state index contributed by atoms with van der Waals surface area (Å²) in [5, 5.41) is 0.399. The Labute approximate surface area is 191 Å². The maximum atomic E-state index is 13.4. The Kier molecular flexibility index (Phi) is 5.17. The number of nitrogens with zero attached hydrogens (tertiary/aromatic N) is 4. The van der Waals surface area contributed by atoms with Crippen LogP contribution in [0.3, 0.4) is 0 Å². The second kappa shape index (κ2) is 7.78. The molecule has 1 saturated carbocycles. The first kappa shape index (κ1) is 21.3. The molecule has 1 aromatic carbocycles. The molecule has 32 heavy (non-hydrogen) atoms. The highest BCUT2D eigenvalue weighted by molar-refractivity contribution is 7.90. The predicted molar refractivity (Wildman–Crippen MR) is 127 cm³/mol. The van der Waals surface area contributed by atoms with E-state index in [0.29, 0.717) is 24.7 Å². The Morgan fingerprint density at radius 2 is 1.81 bits per heavy atom. The predicted octanol–water partition coefficient (Wildman–Crippen LogP) is 3.93. The standard InChI is InChI=1S/C23H25ClN4O3S/c1-15-4-7-20-21(12-15)27(23(29)28(20)16-5-6-16)14-17-13-18-19(8-9-22(24)25-18)26(17)10-3-11-32(2,30)31/h4,7-9,12-13,16H,3,5-6,10-11,14H2,1-2H3. The number of aromatic nitrogens is 4. The molecule has 0 aliphatic heterocycles. The zero-order valence-electron chi connectivity index (χ0n) is 18.1. The van der Waals surface area contributed by atoms with Gasteiger partial charge in [0.25, 0.3) is 0 Å². The normalized spacial score (nSPS) is 14.6. The summed E-state index contributed by atoms with van der Waals surface area (Å²) in [5.41, 5.74) is 5.50. The van der Waals surface area contributed by atoms with Crippen LogP contribution in [0.15, 0.2) is 41.2 Å². The number of sulfone groups is 1. The fraction of sp³-hybridized carbons (Fsp3) is 0.391. The summed E-state index contributed by atoms with van der Waals surface area (Å²) in [7, 11) is -3.06. The third kappa shape index (κ3) is 3.97. The quantitative estimate of drug-likeness (QED) is 0.382. The van der Waals surface area contributed by atoms with Gasteiger partial charge in [-0.3, -0.25) is 9.13 Å². The first-order valence-corrected chi connectivity index (χ1v) is 13.2. The smallest absolute Gasteiger partial charge is 0.329 e. The first-order valence-electron chi connectivity index (χ1n) is 10.7. The average Bonchev–Trinajstić information content (AvgIpc) is 3.44. The van der Waals surface area contributed by atoms with Crippen LogP contribution in [0, 0.1) is 6.92 Å². The van der Waals surface area contributed by atoms with Gasteiger partial charge in [-0.2, -0.15) is 0 Å². The molecule has 0 atom stereocenters. The Morgan fingerprint density at radius 1 is 1.06 bits per heavy atom. The molecule has 0 amide bonds. The van der Waals surface area contributed by atoms with Gasteiger partial charge in [-0.25, -0.2) is 18.2 Å². The summed E-state index contributed by atoms with van der Waals surface area (Å²) in [5.74, 6) is 0.104. The van der Waals surface area contributed by atoms with Crippen molar-refractivity contribution in [2.24, 2.45) is 0 Å². The van der Waals surface area contributed by atoms with Crippen molar-refractivity contribution in [3.05, 3.63) is 63.3 Å². The highest BCUT2D eigenvalue weighted by atomic mass is 35.5. The van der Waals surface area contributed by atoms with Gasteiger partial charge < -0.3 is 4.57 Å². The lowest BCUT2D eigenvalue weighted by atomic mass is 10.2. The van der Waals surface area contributed by atoms with Crippen molar-refractivity contribution in [2.75, 3.05) is 12.0 Å². The molecule has 0 saturated heterocycles. The van der Waals surface area contributed by atoms with E-state index in [4.69, 9.17) is 11.6 Å². The van der Waals surface area contributed by atoms with Crippen molar-refractivity contribution < 1.29 is 8.42 Å². The van der Waals surface area contributed by atoms with Gasteiger partial charge in [-0.05, 0) is 62.1 Å². The summed E-state index contributed by atoms with van der Waals surface area (Å²) in [4.78, 5) is 17.8. The Morgan fingerprint density at radius 3 is 2.53 bits per heavy atom. The monoisotopic (exact) mass is 472 g/mol. The maximum absolute atomic E-state index is 13.4. The van der Waals surface area contributed by atoms with Crippen LogP contribution in [0.25, 0.3) is 22.1 Å². The zero-order valence-corrected chi connectivity index (χ0v) is 19.7. The molecule has 1 fully saturated rings. The van der Waals surface area contributed by atoms with E-state index in [1.54, 1.807) is 6.07 Å². The molecule has 3 aromatic heterocycles. The molecule has 0 radical (unpaired) electrons. The van der Waals surface area contributed by atoms with Crippen LogP contribution in [-0.2, 0) is 22.9 Å². The highest BCUT2D eigenvalue weighted by Gasteiger charge is 2.29. The summed E-state index contributed by atoms with van der Waals surface area (Å²) in [6.07, 6.45) is 3.79. The third-order valence-electron chi connectivity index (χ3n) is 6.06. The fourth-order valence-electron chi connectivity index (χ4n) is 4.44. The summed E-state index contributed by atoms with van der Waals surface area (Å²) < 4.78 is 29.1. The summed E-state index contributed by atoms with van der Waals surface area (Å²) in [6.45, 7) is 2.92. The largest absolute Gasteiger partial charge is 0.342 e. The topological polar surface area (TPSA) is 78.9 Å². The number of pyridine rings is 1. The Bertz CT molecular complexity index is 1510. The molecule has 0 bridgehead atoms. The summed E-state index contributed by atoms with van der Waals surface area (Å²) >= 11 is 6.11. The van der Waals surface area contributed by atoms with E-state index < -0.39 is 9.84 Å². The van der Waals surface area contributed by atoms with E-state index >= 15 is 0 Å². The molecule has 0 unspecified atom stereocenters. The van der Waals surface area contributed by atoms with Crippen LogP contribution in [-0.4, -0.2) is 39.1 Å². The van der Waals surface area contributed by atoms with Crippen molar-refractivity contribution in [1.82, 2.24) is 18.7 Å². The van der Waals surface area contributed by atoms with Crippen LogP contribution in [0.5, 0.6) is 0 Å². The van der Waals surface area contributed by atoms with Gasteiger partial charge in [0, 0.05) is 24.5 Å². The lowest BCUT2D eigenvalue weighted by molar-refractivity contribution is 0.587. The van der Waals surface area contributed by atoms with Crippen LogP contribution in [0.4, 0.5) is 0 Å². The minimum atomic E-state index is -3.06. The SMILES string of the molecule is Cc1ccc2c(c1)n(Cc1cc3nc(Cl)ccc3n1CCCS(C)(=O)=O)c(=O)n2C1CC1. The van der Waals surface area contributed by atoms with E-state index in [2.05, 4.69) is 15.6 Å². The van der Waals surface area contributed by atoms with E-state index in [1.807, 2.05) is 40.3 Å². The lowest BCUT2D eigenvalue weighted by Gasteiger charge is -2.11. The van der Waals surface area contributed by atoms with Crippen molar-refractivity contribution in [1.29, 1.82) is 0 Å². The second-order valence-electron chi connectivity index (χ2n) is 8.77. The first-order chi connectivity index (χ1) is 15.2. The number of halogens is 1. The van der Waals surface area contributed by atoms with E-state index in [9.17, 15) is 13.2 Å². The van der Waals surface area contributed by atoms with Crippen LogP contribution in [0.2, 0.25) is 5.15 Å². The fourth-order valence-corrected chi connectivity index (χ4v) is 5.24. The molecule has 7 nitrogen and oxygen atoms in total. The number of hydrogen-bond donors (Lipinski definition) is 0. The average molecular weight is 473 g/mol. The van der Waals surface area contributed by atoms with Gasteiger partial charge in [0.05, 0.1) is 34.4 Å². The van der Waals surface area contributed by atoms with Gasteiger partial charge >= 0.3 is 5.69 Å². The Balaban J connectivity index is 1.62. The molecule has 3 heterocycles. The van der Waals surface area contributed by atoms with E-state index in [1.165, 1.54) is 6.26 Å². The number of fused-ring (bicyclic) bond motifs is 2. The number of rotatable bonds is 7. The zero-order chi connectivity index (χ0) is 22.6. The minimum absolute atomic E-state index is 0.00738. The van der Waals surface area contributed by atoms with Gasteiger partial charge in [-0.15, -0.1) is 0 Å². The molecule has 1 aliphatic carbocycles. The Hall–Kier alpha value is -2.58. The van der Waals surface area contributed by atoms with E-state index in [-0.39, 0.29) is 17.5 Å². The molecule has 0 spiro atoms. The van der Waals surface area contributed by atoms with Gasteiger partial charge in [0.15, 0.2) is 0 Å². The van der Waals surface area contributed by atoms with E-state index in [0.717, 1.165) is 46.2 Å². The molecule has 1 aliphatic rings. The molecule has 4 aromatic rings. The maximum Gasteiger partial charge on any atom is 0.329 e. The van der Waals surface area contributed by atoms with Crippen molar-refractivity contribution >= 4 is 43.5 Å². The second-order valence-corrected chi connectivity index (χ2v) is 11.4. The van der Waals surface area contributed by atoms with Crippen molar-refractivity contribution in [3.63, 3.8) is 0 Å². The van der Waals surface area contributed by atoms with Gasteiger partial charge in [0.1, 0.15) is 15.0 Å². The molecule has 168 valence electrons. The third-order valence-corrected chi connectivity index (χ3v) is 7.30. The number of benzene rings is 1. The molecule has 9 heteroatoms. The van der Waals surface area contributed by atoms with Crippen molar-refractivity contribution in [2.45, 2.75) is 45.3 Å². The van der Waals surface area contributed by atoms with Crippen molar-refractivity contribution in [3.8, 4) is 0 Å². The lowest BCUT2D eigenvalue weighted by Crippen LogP contribution is -2.25. The van der Waals surface area contributed by atoms with Gasteiger partial charge in [-0.1, -0.05) is 17.7 Å². The molecule has 5 rings (SSSR count). The number of imidazole rings is 1. The molecular formula is C23H25ClN4O3S. The van der Waals surface area contributed by atoms with Crippen LogP contribution in [0.1, 0.15) is 36.6 Å². The molecular weight excluding hydrogens is 448 g/mol. The van der Waals surface area contributed by atoms with Gasteiger partial charge in [0.2, 0.25) is 0 Å². The minimum Gasteiger partial charge on any atom is -0.342 e.